The number of fused-ring (bicyclic) bond motifs is 1. The number of imidazole rings is 1. The van der Waals surface area contributed by atoms with Gasteiger partial charge in [-0.05, 0) is 41.4 Å². The Bertz CT molecular complexity index is 520. The summed E-state index contributed by atoms with van der Waals surface area (Å²) in [5.74, 6) is 0.663. The Morgan fingerprint density at radius 2 is 2.17 bits per heavy atom. The zero-order chi connectivity index (χ0) is 12.5. The molecule has 1 unspecified atom stereocenters. The summed E-state index contributed by atoms with van der Waals surface area (Å²) in [6.45, 7) is 1.03. The van der Waals surface area contributed by atoms with Gasteiger partial charge in [-0.15, -0.1) is 0 Å². The van der Waals surface area contributed by atoms with Crippen molar-refractivity contribution in [3.63, 3.8) is 0 Å². The van der Waals surface area contributed by atoms with Gasteiger partial charge in [0, 0.05) is 6.07 Å². The molecule has 0 amide bonds. The predicted octanol–water partition coefficient (Wildman–Crippen LogP) is 3.67. The first-order valence-electron chi connectivity index (χ1n) is 6.32. The number of benzene rings is 1. The second-order valence-corrected chi connectivity index (χ2v) is 5.62. The van der Waals surface area contributed by atoms with E-state index in [1.807, 2.05) is 0 Å². The van der Waals surface area contributed by atoms with E-state index in [0.29, 0.717) is 4.47 Å². The van der Waals surface area contributed by atoms with E-state index in [9.17, 15) is 4.39 Å². The smallest absolute Gasteiger partial charge is 0.139 e. The molecule has 1 aliphatic rings. The standard InChI is InChI=1S/C13H15BrFN3/c14-8-6-11-12(7-9(8)15)18-13(17-11)10-4-2-1-3-5-16-10/h6-7,10,16H,1-5H2,(H,17,18). The highest BCUT2D eigenvalue weighted by Gasteiger charge is 2.17. The lowest BCUT2D eigenvalue weighted by Gasteiger charge is -2.12. The molecular weight excluding hydrogens is 297 g/mol. The number of H-pyrrole nitrogens is 1. The lowest BCUT2D eigenvalue weighted by atomic mass is 10.1. The van der Waals surface area contributed by atoms with Crippen LogP contribution < -0.4 is 5.32 Å². The maximum atomic E-state index is 13.5. The van der Waals surface area contributed by atoms with Crippen molar-refractivity contribution < 1.29 is 4.39 Å². The molecule has 3 rings (SSSR count). The molecule has 0 radical (unpaired) electrons. The van der Waals surface area contributed by atoms with E-state index in [4.69, 9.17) is 0 Å². The molecule has 3 nitrogen and oxygen atoms in total. The highest BCUT2D eigenvalue weighted by Crippen LogP contribution is 2.26. The summed E-state index contributed by atoms with van der Waals surface area (Å²) in [4.78, 5) is 7.79. The molecule has 1 saturated heterocycles. The molecule has 1 atom stereocenters. The summed E-state index contributed by atoms with van der Waals surface area (Å²) >= 11 is 3.19. The van der Waals surface area contributed by atoms with E-state index >= 15 is 0 Å². The quantitative estimate of drug-likeness (QED) is 0.843. The van der Waals surface area contributed by atoms with Crippen LogP contribution in [-0.2, 0) is 0 Å². The Morgan fingerprint density at radius 1 is 1.28 bits per heavy atom. The van der Waals surface area contributed by atoms with Crippen LogP contribution in [0.25, 0.3) is 11.0 Å². The lowest BCUT2D eigenvalue weighted by Crippen LogP contribution is -2.21. The fourth-order valence-electron chi connectivity index (χ4n) is 2.45. The van der Waals surface area contributed by atoms with Crippen LogP contribution in [0.15, 0.2) is 16.6 Å². The van der Waals surface area contributed by atoms with Crippen molar-refractivity contribution in [3.8, 4) is 0 Å². The fraction of sp³-hybridized carbons (Fsp3) is 0.462. The predicted molar refractivity (Wildman–Crippen MR) is 73.0 cm³/mol. The Kier molecular flexibility index (Phi) is 3.35. The molecule has 0 spiro atoms. The first-order valence-corrected chi connectivity index (χ1v) is 7.11. The van der Waals surface area contributed by atoms with Crippen molar-refractivity contribution in [3.05, 3.63) is 28.2 Å². The third-order valence-corrected chi connectivity index (χ3v) is 4.04. The number of nitrogens with one attached hydrogen (secondary N) is 2. The Hall–Kier alpha value is -0.940. The maximum Gasteiger partial charge on any atom is 0.139 e. The first-order chi connectivity index (χ1) is 8.74. The second-order valence-electron chi connectivity index (χ2n) is 4.76. The summed E-state index contributed by atoms with van der Waals surface area (Å²) < 4.78 is 13.9. The van der Waals surface area contributed by atoms with Gasteiger partial charge in [0.1, 0.15) is 11.6 Å². The van der Waals surface area contributed by atoms with Gasteiger partial charge < -0.3 is 10.3 Å². The summed E-state index contributed by atoms with van der Waals surface area (Å²) in [6.07, 6.45) is 4.79. The van der Waals surface area contributed by atoms with E-state index in [-0.39, 0.29) is 11.9 Å². The average molecular weight is 312 g/mol. The summed E-state index contributed by atoms with van der Waals surface area (Å²) in [5.41, 5.74) is 1.57. The van der Waals surface area contributed by atoms with E-state index in [1.165, 1.54) is 25.3 Å². The van der Waals surface area contributed by atoms with Gasteiger partial charge >= 0.3 is 0 Å². The summed E-state index contributed by atoms with van der Waals surface area (Å²) in [6, 6.07) is 3.48. The van der Waals surface area contributed by atoms with Gasteiger partial charge in [-0.2, -0.15) is 0 Å². The monoisotopic (exact) mass is 311 g/mol. The Balaban J connectivity index is 1.96. The number of rotatable bonds is 1. The molecule has 1 aromatic heterocycles. The van der Waals surface area contributed by atoms with Gasteiger partial charge in [0.05, 0.1) is 21.5 Å². The van der Waals surface area contributed by atoms with Crippen molar-refractivity contribution in [2.75, 3.05) is 6.54 Å². The van der Waals surface area contributed by atoms with Crippen LogP contribution in [0.3, 0.4) is 0 Å². The minimum atomic E-state index is -0.258. The van der Waals surface area contributed by atoms with Crippen LogP contribution in [0.1, 0.15) is 37.5 Å². The van der Waals surface area contributed by atoms with Crippen LogP contribution >= 0.6 is 15.9 Å². The molecule has 96 valence electrons. The largest absolute Gasteiger partial charge is 0.341 e. The minimum absolute atomic E-state index is 0.258. The van der Waals surface area contributed by atoms with E-state index in [2.05, 4.69) is 31.2 Å². The van der Waals surface area contributed by atoms with Gasteiger partial charge in [-0.1, -0.05) is 12.8 Å². The lowest BCUT2D eigenvalue weighted by molar-refractivity contribution is 0.513. The molecule has 1 fully saturated rings. The number of hydrogen-bond acceptors (Lipinski definition) is 2. The number of hydrogen-bond donors (Lipinski definition) is 2. The molecule has 1 aliphatic heterocycles. The molecule has 2 N–H and O–H groups in total. The Labute approximate surface area is 113 Å². The normalized spacial score (nSPS) is 21.1. The highest BCUT2D eigenvalue weighted by atomic mass is 79.9. The third-order valence-electron chi connectivity index (χ3n) is 3.43. The molecule has 5 heteroatoms. The number of aromatic amines is 1. The van der Waals surface area contributed by atoms with Gasteiger partial charge in [0.15, 0.2) is 0 Å². The molecule has 0 bridgehead atoms. The van der Waals surface area contributed by atoms with Crippen LogP contribution in [0.4, 0.5) is 4.39 Å². The maximum absolute atomic E-state index is 13.5. The molecule has 1 aromatic carbocycles. The topological polar surface area (TPSA) is 40.7 Å². The minimum Gasteiger partial charge on any atom is -0.341 e. The van der Waals surface area contributed by atoms with Crippen LogP contribution in [0, 0.1) is 5.82 Å². The number of nitrogens with zero attached hydrogens (tertiary/aromatic N) is 1. The molecule has 18 heavy (non-hydrogen) atoms. The zero-order valence-corrected chi connectivity index (χ0v) is 11.6. The first kappa shape index (κ1) is 12.1. The van der Waals surface area contributed by atoms with Crippen molar-refractivity contribution in [1.82, 2.24) is 15.3 Å². The molecule has 2 heterocycles. The summed E-state index contributed by atoms with van der Waals surface area (Å²) in [5, 5.41) is 3.49. The van der Waals surface area contributed by atoms with E-state index in [0.717, 1.165) is 29.8 Å². The highest BCUT2D eigenvalue weighted by molar-refractivity contribution is 9.10. The van der Waals surface area contributed by atoms with E-state index in [1.54, 1.807) is 6.07 Å². The molecule has 2 aromatic rings. The molecule has 0 saturated carbocycles. The van der Waals surface area contributed by atoms with Gasteiger partial charge in [0.2, 0.25) is 0 Å². The Morgan fingerprint density at radius 3 is 3.06 bits per heavy atom. The molecule has 0 aliphatic carbocycles. The third kappa shape index (κ3) is 2.29. The van der Waals surface area contributed by atoms with Crippen molar-refractivity contribution in [2.24, 2.45) is 0 Å². The second kappa shape index (κ2) is 4.97. The zero-order valence-electron chi connectivity index (χ0n) is 9.97. The van der Waals surface area contributed by atoms with Crippen molar-refractivity contribution in [2.45, 2.75) is 31.7 Å². The van der Waals surface area contributed by atoms with Crippen LogP contribution in [0.5, 0.6) is 0 Å². The van der Waals surface area contributed by atoms with Crippen LogP contribution in [-0.4, -0.2) is 16.5 Å². The average Bonchev–Trinajstić information content (AvgIpc) is 2.60. The van der Waals surface area contributed by atoms with Crippen molar-refractivity contribution >= 4 is 27.0 Å². The van der Waals surface area contributed by atoms with Gasteiger partial charge in [-0.3, -0.25) is 0 Å². The number of aromatic nitrogens is 2. The molecular formula is C13H15BrFN3. The fourth-order valence-corrected chi connectivity index (χ4v) is 2.78. The summed E-state index contributed by atoms with van der Waals surface area (Å²) in [7, 11) is 0. The van der Waals surface area contributed by atoms with Gasteiger partial charge in [-0.25, -0.2) is 9.37 Å². The SMILES string of the molecule is Fc1cc2[nH]c(C3CCCCCN3)nc2cc1Br. The van der Waals surface area contributed by atoms with Crippen LogP contribution in [0.2, 0.25) is 0 Å². The number of halogens is 2. The van der Waals surface area contributed by atoms with Crippen molar-refractivity contribution in [1.29, 1.82) is 0 Å². The van der Waals surface area contributed by atoms with Gasteiger partial charge in [0.25, 0.3) is 0 Å². The van der Waals surface area contributed by atoms with E-state index < -0.39 is 0 Å².